The van der Waals surface area contributed by atoms with E-state index in [1.165, 1.54) is 12.8 Å². The minimum absolute atomic E-state index is 0.504. The summed E-state index contributed by atoms with van der Waals surface area (Å²) in [5.41, 5.74) is 0.504. The molecule has 1 aliphatic carbocycles. The molecular weight excluding hydrogens is 198 g/mol. The van der Waals surface area contributed by atoms with Gasteiger partial charge in [0.25, 0.3) is 0 Å². The molecule has 0 heterocycles. The van der Waals surface area contributed by atoms with Crippen molar-refractivity contribution in [3.8, 4) is 5.75 Å². The summed E-state index contributed by atoms with van der Waals surface area (Å²) in [5, 5.41) is 3.36. The Morgan fingerprint density at radius 2 is 2.00 bits per heavy atom. The predicted molar refractivity (Wildman–Crippen MR) is 66.7 cm³/mol. The van der Waals surface area contributed by atoms with E-state index >= 15 is 0 Å². The summed E-state index contributed by atoms with van der Waals surface area (Å²) in [7, 11) is 2.04. The van der Waals surface area contributed by atoms with Gasteiger partial charge < -0.3 is 10.1 Å². The van der Waals surface area contributed by atoms with Gasteiger partial charge in [0.1, 0.15) is 5.75 Å². The molecule has 0 aromatic heterocycles. The molecule has 1 fully saturated rings. The molecule has 1 N–H and O–H groups in total. The van der Waals surface area contributed by atoms with Crippen LogP contribution < -0.4 is 10.1 Å². The van der Waals surface area contributed by atoms with E-state index in [2.05, 4.69) is 12.2 Å². The molecule has 0 radical (unpaired) electrons. The molecule has 2 nitrogen and oxygen atoms in total. The Morgan fingerprint density at radius 1 is 1.31 bits per heavy atom. The van der Waals surface area contributed by atoms with E-state index in [-0.39, 0.29) is 0 Å². The number of nitrogens with one attached hydrogen (secondary N) is 1. The average molecular weight is 219 g/mol. The van der Waals surface area contributed by atoms with Crippen molar-refractivity contribution in [3.63, 3.8) is 0 Å². The summed E-state index contributed by atoms with van der Waals surface area (Å²) in [6.45, 7) is 3.10. The van der Waals surface area contributed by atoms with Crippen molar-refractivity contribution >= 4 is 0 Å². The number of ether oxygens (including phenoxy) is 1. The molecular formula is C14H21NO. The highest BCUT2D eigenvalue weighted by atomic mass is 16.5. The van der Waals surface area contributed by atoms with Gasteiger partial charge in [0.2, 0.25) is 0 Å². The zero-order chi connectivity index (χ0) is 11.4. The fourth-order valence-electron chi connectivity index (χ4n) is 2.26. The number of para-hydroxylation sites is 1. The van der Waals surface area contributed by atoms with Gasteiger partial charge in [-0.15, -0.1) is 0 Å². The maximum Gasteiger partial charge on any atom is 0.119 e. The van der Waals surface area contributed by atoms with E-state index < -0.39 is 0 Å². The van der Waals surface area contributed by atoms with Crippen molar-refractivity contribution < 1.29 is 4.74 Å². The third kappa shape index (κ3) is 2.56. The standard InChI is InChI=1S/C14H21NO/c1-12(15-2)14(8-9-14)10-11-16-13-6-4-3-5-7-13/h3-7,12,15H,8-11H2,1-2H3. The van der Waals surface area contributed by atoms with Gasteiger partial charge in [0, 0.05) is 6.04 Å². The molecule has 1 unspecified atom stereocenters. The van der Waals surface area contributed by atoms with Crippen LogP contribution in [-0.4, -0.2) is 19.7 Å². The van der Waals surface area contributed by atoms with Crippen molar-refractivity contribution in [2.45, 2.75) is 32.2 Å². The highest BCUT2D eigenvalue weighted by Crippen LogP contribution is 2.51. The van der Waals surface area contributed by atoms with Crippen molar-refractivity contribution in [3.05, 3.63) is 30.3 Å². The molecule has 1 atom stereocenters. The lowest BCUT2D eigenvalue weighted by Gasteiger charge is -2.22. The van der Waals surface area contributed by atoms with E-state index in [1.54, 1.807) is 0 Å². The minimum Gasteiger partial charge on any atom is -0.494 e. The summed E-state index contributed by atoms with van der Waals surface area (Å²) in [6, 6.07) is 10.7. The summed E-state index contributed by atoms with van der Waals surface area (Å²) in [4.78, 5) is 0. The number of hydrogen-bond acceptors (Lipinski definition) is 2. The molecule has 88 valence electrons. The molecule has 0 saturated heterocycles. The normalized spacial score (nSPS) is 19.1. The van der Waals surface area contributed by atoms with E-state index in [1.807, 2.05) is 37.4 Å². The Kier molecular flexibility index (Phi) is 3.49. The molecule has 1 aromatic rings. The zero-order valence-corrected chi connectivity index (χ0v) is 10.2. The lowest BCUT2D eigenvalue weighted by Crippen LogP contribution is -2.32. The Hall–Kier alpha value is -1.02. The van der Waals surface area contributed by atoms with Gasteiger partial charge >= 0.3 is 0 Å². The van der Waals surface area contributed by atoms with Gasteiger partial charge in [-0.3, -0.25) is 0 Å². The fourth-order valence-corrected chi connectivity index (χ4v) is 2.26. The summed E-state index contributed by atoms with van der Waals surface area (Å²) in [5.74, 6) is 0.982. The fraction of sp³-hybridized carbons (Fsp3) is 0.571. The van der Waals surface area contributed by atoms with Crippen LogP contribution in [0.25, 0.3) is 0 Å². The van der Waals surface area contributed by atoms with Crippen LogP contribution in [0.15, 0.2) is 30.3 Å². The van der Waals surface area contributed by atoms with E-state index in [4.69, 9.17) is 4.74 Å². The van der Waals surface area contributed by atoms with Gasteiger partial charge in [0.15, 0.2) is 0 Å². The number of benzene rings is 1. The monoisotopic (exact) mass is 219 g/mol. The summed E-state index contributed by atoms with van der Waals surface area (Å²) >= 11 is 0. The van der Waals surface area contributed by atoms with Crippen LogP contribution in [0.3, 0.4) is 0 Å². The Morgan fingerprint density at radius 3 is 2.56 bits per heavy atom. The molecule has 0 spiro atoms. The number of hydrogen-bond donors (Lipinski definition) is 1. The lowest BCUT2D eigenvalue weighted by molar-refractivity contribution is 0.242. The van der Waals surface area contributed by atoms with Crippen LogP contribution in [-0.2, 0) is 0 Å². The average Bonchev–Trinajstić information content (AvgIpc) is 3.11. The molecule has 0 amide bonds. The Bertz CT molecular complexity index is 319. The van der Waals surface area contributed by atoms with Gasteiger partial charge in [-0.25, -0.2) is 0 Å². The van der Waals surface area contributed by atoms with Crippen LogP contribution in [0, 0.1) is 5.41 Å². The third-order valence-electron chi connectivity index (χ3n) is 3.86. The van der Waals surface area contributed by atoms with E-state index in [0.717, 1.165) is 18.8 Å². The molecule has 1 aliphatic rings. The third-order valence-corrected chi connectivity index (χ3v) is 3.86. The Labute approximate surface area is 98.0 Å². The van der Waals surface area contributed by atoms with Crippen LogP contribution in [0.2, 0.25) is 0 Å². The second kappa shape index (κ2) is 4.88. The molecule has 0 bridgehead atoms. The highest BCUT2D eigenvalue weighted by molar-refractivity contribution is 5.20. The van der Waals surface area contributed by atoms with Crippen molar-refractivity contribution in [1.82, 2.24) is 5.32 Å². The molecule has 1 aromatic carbocycles. The second-order valence-corrected chi connectivity index (χ2v) is 4.78. The van der Waals surface area contributed by atoms with Gasteiger partial charge in [-0.2, -0.15) is 0 Å². The van der Waals surface area contributed by atoms with Crippen LogP contribution >= 0.6 is 0 Å². The molecule has 2 rings (SSSR count). The van der Waals surface area contributed by atoms with Gasteiger partial charge in [-0.1, -0.05) is 18.2 Å². The lowest BCUT2D eigenvalue weighted by atomic mass is 9.94. The highest BCUT2D eigenvalue weighted by Gasteiger charge is 2.46. The predicted octanol–water partition coefficient (Wildman–Crippen LogP) is 2.84. The summed E-state index contributed by atoms with van der Waals surface area (Å²) in [6.07, 6.45) is 3.84. The van der Waals surface area contributed by atoms with Crippen molar-refractivity contribution in [1.29, 1.82) is 0 Å². The van der Waals surface area contributed by atoms with E-state index in [0.29, 0.717) is 11.5 Å². The molecule has 16 heavy (non-hydrogen) atoms. The Balaban J connectivity index is 1.76. The first-order valence-electron chi connectivity index (χ1n) is 6.12. The van der Waals surface area contributed by atoms with Crippen LogP contribution in [0.1, 0.15) is 26.2 Å². The first kappa shape index (κ1) is 11.5. The van der Waals surface area contributed by atoms with Gasteiger partial charge in [0.05, 0.1) is 6.61 Å². The molecule has 1 saturated carbocycles. The second-order valence-electron chi connectivity index (χ2n) is 4.78. The van der Waals surface area contributed by atoms with Crippen molar-refractivity contribution in [2.24, 2.45) is 5.41 Å². The SMILES string of the molecule is CNC(C)C1(CCOc2ccccc2)CC1. The maximum absolute atomic E-state index is 5.75. The first-order chi connectivity index (χ1) is 7.77. The van der Waals surface area contributed by atoms with E-state index in [9.17, 15) is 0 Å². The van der Waals surface area contributed by atoms with Crippen LogP contribution in [0.5, 0.6) is 5.75 Å². The van der Waals surface area contributed by atoms with Crippen LogP contribution in [0.4, 0.5) is 0 Å². The maximum atomic E-state index is 5.75. The number of rotatable bonds is 6. The minimum atomic E-state index is 0.504. The molecule has 2 heteroatoms. The quantitative estimate of drug-likeness (QED) is 0.794. The largest absolute Gasteiger partial charge is 0.494 e. The zero-order valence-electron chi connectivity index (χ0n) is 10.2. The smallest absolute Gasteiger partial charge is 0.119 e. The summed E-state index contributed by atoms with van der Waals surface area (Å²) < 4.78 is 5.75. The van der Waals surface area contributed by atoms with Crippen molar-refractivity contribution in [2.75, 3.05) is 13.7 Å². The van der Waals surface area contributed by atoms with Gasteiger partial charge in [-0.05, 0) is 50.8 Å². The first-order valence-corrected chi connectivity index (χ1v) is 6.12. The topological polar surface area (TPSA) is 21.3 Å². The molecule has 0 aliphatic heterocycles.